The van der Waals surface area contributed by atoms with Crippen LogP contribution in [0.1, 0.15) is 22.8 Å². The molecule has 3 aromatic carbocycles. The molecule has 0 saturated carbocycles. The number of amides is 1. The van der Waals surface area contributed by atoms with Crippen LogP contribution in [0.3, 0.4) is 0 Å². The molecule has 1 aliphatic heterocycles. The molecule has 0 N–H and O–H groups in total. The third-order valence-corrected chi connectivity index (χ3v) is 7.17. The van der Waals surface area contributed by atoms with Gasteiger partial charge >= 0.3 is 0 Å². The molecule has 0 fully saturated rings. The minimum atomic E-state index is -3.66. The van der Waals surface area contributed by atoms with Gasteiger partial charge in [0.15, 0.2) is 0 Å². The molecule has 6 heteroatoms. The van der Waals surface area contributed by atoms with Gasteiger partial charge in [0.1, 0.15) is 0 Å². The highest BCUT2D eigenvalue weighted by atomic mass is 32.2. The van der Waals surface area contributed by atoms with Crippen molar-refractivity contribution in [3.8, 4) is 0 Å². The molecular weight excluding hydrogens is 384 g/mol. The van der Waals surface area contributed by atoms with Crippen LogP contribution in [-0.4, -0.2) is 27.4 Å². The third-order valence-electron chi connectivity index (χ3n) is 5.23. The molecule has 5 nitrogen and oxygen atoms in total. The number of sulfonamides is 1. The maximum absolute atomic E-state index is 13.2. The van der Waals surface area contributed by atoms with Crippen molar-refractivity contribution in [1.82, 2.24) is 0 Å². The van der Waals surface area contributed by atoms with Crippen LogP contribution in [-0.2, 0) is 16.4 Å². The van der Waals surface area contributed by atoms with E-state index in [4.69, 9.17) is 0 Å². The largest absolute Gasteiger partial charge is 0.311 e. The minimum absolute atomic E-state index is 0.129. The van der Waals surface area contributed by atoms with E-state index in [-0.39, 0.29) is 16.8 Å². The molecule has 1 amide bonds. The van der Waals surface area contributed by atoms with Crippen molar-refractivity contribution >= 4 is 27.3 Å². The van der Waals surface area contributed by atoms with Gasteiger partial charge in [0, 0.05) is 24.3 Å². The van der Waals surface area contributed by atoms with Crippen LogP contribution in [0.4, 0.5) is 11.4 Å². The summed E-state index contributed by atoms with van der Waals surface area (Å²) in [4.78, 5) is 14.8. The van der Waals surface area contributed by atoms with Crippen molar-refractivity contribution in [2.75, 3.05) is 16.3 Å². The lowest BCUT2D eigenvalue weighted by molar-refractivity contribution is 0.0993. The average molecular weight is 407 g/mol. The molecule has 0 aromatic heterocycles. The van der Waals surface area contributed by atoms with Gasteiger partial charge in [0.25, 0.3) is 15.9 Å². The summed E-state index contributed by atoms with van der Waals surface area (Å²) in [6, 6.07) is 22.9. The van der Waals surface area contributed by atoms with Crippen LogP contribution in [0, 0.1) is 0 Å². The van der Waals surface area contributed by atoms with E-state index >= 15 is 0 Å². The first kappa shape index (κ1) is 19.2. The van der Waals surface area contributed by atoms with Crippen molar-refractivity contribution in [3.05, 3.63) is 90.0 Å². The normalized spacial score (nSPS) is 15.8. The van der Waals surface area contributed by atoms with Crippen LogP contribution >= 0.6 is 0 Å². The molecule has 148 valence electrons. The smallest absolute Gasteiger partial charge is 0.264 e. The highest BCUT2D eigenvalue weighted by Crippen LogP contribution is 2.37. The second-order valence-corrected chi connectivity index (χ2v) is 9.03. The van der Waals surface area contributed by atoms with E-state index < -0.39 is 10.0 Å². The van der Waals surface area contributed by atoms with E-state index in [0.717, 1.165) is 11.3 Å². The number of carbonyl (C=O) groups excluding carboxylic acids is 1. The lowest BCUT2D eigenvalue weighted by atomic mass is 10.1. The molecule has 0 aliphatic carbocycles. The summed E-state index contributed by atoms with van der Waals surface area (Å²) in [5, 5.41) is 0. The van der Waals surface area contributed by atoms with Crippen molar-refractivity contribution < 1.29 is 13.2 Å². The Kier molecular flexibility index (Phi) is 4.88. The third kappa shape index (κ3) is 3.40. The van der Waals surface area contributed by atoms with Gasteiger partial charge in [-0.25, -0.2) is 8.42 Å². The van der Waals surface area contributed by atoms with E-state index in [9.17, 15) is 13.2 Å². The fourth-order valence-electron chi connectivity index (χ4n) is 3.77. The van der Waals surface area contributed by atoms with Gasteiger partial charge < -0.3 is 4.90 Å². The second kappa shape index (κ2) is 7.37. The molecule has 4 rings (SSSR count). The molecule has 0 saturated heterocycles. The van der Waals surface area contributed by atoms with Crippen molar-refractivity contribution in [2.24, 2.45) is 0 Å². The standard InChI is InChI=1S/C23H22N2O3S/c1-17-15-19-16-18(23(26)24(2)20-9-5-3-6-10-20)13-14-22(19)25(17)29(27,28)21-11-7-4-8-12-21/h3-14,16-17H,15H2,1-2H3. The van der Waals surface area contributed by atoms with Gasteiger partial charge in [0.2, 0.25) is 0 Å². The Labute approximate surface area is 171 Å². The molecule has 0 radical (unpaired) electrons. The zero-order chi connectivity index (χ0) is 20.6. The Balaban J connectivity index is 1.67. The Morgan fingerprint density at radius 1 is 0.966 bits per heavy atom. The molecule has 0 spiro atoms. The number of rotatable bonds is 4. The van der Waals surface area contributed by atoms with E-state index in [1.807, 2.05) is 43.3 Å². The predicted molar refractivity (Wildman–Crippen MR) is 115 cm³/mol. The van der Waals surface area contributed by atoms with Crippen molar-refractivity contribution in [3.63, 3.8) is 0 Å². The summed E-state index contributed by atoms with van der Waals surface area (Å²) < 4.78 is 27.8. The van der Waals surface area contributed by atoms with Gasteiger partial charge in [-0.15, -0.1) is 0 Å². The Hall–Kier alpha value is -3.12. The zero-order valence-electron chi connectivity index (χ0n) is 16.3. The summed E-state index contributed by atoms with van der Waals surface area (Å²) in [5.74, 6) is -0.129. The van der Waals surface area contributed by atoms with Gasteiger partial charge in [-0.2, -0.15) is 0 Å². The van der Waals surface area contributed by atoms with Gasteiger partial charge in [-0.05, 0) is 61.4 Å². The summed E-state index contributed by atoms with van der Waals surface area (Å²) in [5.41, 5.74) is 2.85. The molecular formula is C23H22N2O3S. The van der Waals surface area contributed by atoms with E-state index in [1.165, 1.54) is 4.31 Å². The molecule has 3 aromatic rings. The zero-order valence-corrected chi connectivity index (χ0v) is 17.1. The minimum Gasteiger partial charge on any atom is -0.311 e. The summed E-state index contributed by atoms with van der Waals surface area (Å²) >= 11 is 0. The quantitative estimate of drug-likeness (QED) is 0.655. The topological polar surface area (TPSA) is 57.7 Å². The van der Waals surface area contributed by atoms with Crippen LogP contribution in [0.2, 0.25) is 0 Å². The predicted octanol–water partition coefficient (Wildman–Crippen LogP) is 4.10. The first-order valence-electron chi connectivity index (χ1n) is 9.45. The van der Waals surface area contributed by atoms with Gasteiger partial charge in [-0.3, -0.25) is 9.10 Å². The first-order valence-corrected chi connectivity index (χ1v) is 10.9. The lowest BCUT2D eigenvalue weighted by Crippen LogP contribution is -2.35. The highest BCUT2D eigenvalue weighted by Gasteiger charge is 2.36. The summed E-state index contributed by atoms with van der Waals surface area (Å²) in [7, 11) is -1.92. The van der Waals surface area contributed by atoms with Crippen molar-refractivity contribution in [2.45, 2.75) is 24.3 Å². The number of anilines is 2. The van der Waals surface area contributed by atoms with E-state index in [1.54, 1.807) is 54.4 Å². The van der Waals surface area contributed by atoms with Gasteiger partial charge in [0.05, 0.1) is 10.6 Å². The molecule has 1 aliphatic rings. The SMILES string of the molecule is CC1Cc2cc(C(=O)N(C)c3ccccc3)ccc2N1S(=O)(=O)c1ccccc1. The number of fused-ring (bicyclic) bond motifs is 1. The maximum Gasteiger partial charge on any atom is 0.264 e. The van der Waals surface area contributed by atoms with Crippen LogP contribution in [0.5, 0.6) is 0 Å². The number of carbonyl (C=O) groups is 1. The molecule has 29 heavy (non-hydrogen) atoms. The highest BCUT2D eigenvalue weighted by molar-refractivity contribution is 7.92. The Bertz CT molecular complexity index is 1150. The fraction of sp³-hybridized carbons (Fsp3) is 0.174. The average Bonchev–Trinajstić information content (AvgIpc) is 3.09. The van der Waals surface area contributed by atoms with Gasteiger partial charge in [-0.1, -0.05) is 36.4 Å². The number of para-hydroxylation sites is 1. The van der Waals surface area contributed by atoms with Crippen LogP contribution in [0.25, 0.3) is 0 Å². The lowest BCUT2D eigenvalue weighted by Gasteiger charge is -2.24. The Morgan fingerprint density at radius 3 is 2.24 bits per heavy atom. The molecule has 1 heterocycles. The molecule has 1 atom stereocenters. The molecule has 0 bridgehead atoms. The monoisotopic (exact) mass is 406 g/mol. The number of benzene rings is 3. The number of hydrogen-bond acceptors (Lipinski definition) is 3. The second-order valence-electron chi connectivity index (χ2n) is 7.21. The first-order chi connectivity index (χ1) is 13.9. The van der Waals surface area contributed by atoms with Crippen LogP contribution in [0.15, 0.2) is 83.8 Å². The maximum atomic E-state index is 13.2. The van der Waals surface area contributed by atoms with Crippen molar-refractivity contribution in [1.29, 1.82) is 0 Å². The Morgan fingerprint density at radius 2 is 1.59 bits per heavy atom. The van der Waals surface area contributed by atoms with E-state index in [0.29, 0.717) is 17.7 Å². The number of nitrogens with zero attached hydrogens (tertiary/aromatic N) is 2. The van der Waals surface area contributed by atoms with E-state index in [2.05, 4.69) is 0 Å². The molecule has 1 unspecified atom stereocenters. The summed E-state index contributed by atoms with van der Waals surface area (Å²) in [6.07, 6.45) is 0.567. The summed E-state index contributed by atoms with van der Waals surface area (Å²) in [6.45, 7) is 1.89. The van der Waals surface area contributed by atoms with Crippen LogP contribution < -0.4 is 9.21 Å². The fourth-order valence-corrected chi connectivity index (χ4v) is 5.48. The number of hydrogen-bond donors (Lipinski definition) is 0.